The van der Waals surface area contributed by atoms with Crippen LogP contribution in [-0.4, -0.2) is 47.0 Å². The van der Waals surface area contributed by atoms with Crippen molar-refractivity contribution in [3.63, 3.8) is 0 Å². The van der Waals surface area contributed by atoms with Crippen molar-refractivity contribution in [2.24, 2.45) is 5.92 Å². The Hall–Kier alpha value is -4.92. The quantitative estimate of drug-likeness (QED) is 0.207. The van der Waals surface area contributed by atoms with E-state index in [2.05, 4.69) is 16.1 Å². The fourth-order valence-electron chi connectivity index (χ4n) is 7.61. The second-order valence-electron chi connectivity index (χ2n) is 12.9. The lowest BCUT2D eigenvalue weighted by Gasteiger charge is -2.57. The van der Waals surface area contributed by atoms with Gasteiger partial charge in [0.1, 0.15) is 5.02 Å². The van der Waals surface area contributed by atoms with Crippen LogP contribution in [0.5, 0.6) is 0 Å². The summed E-state index contributed by atoms with van der Waals surface area (Å²) in [6.07, 6.45) is 4.35. The van der Waals surface area contributed by atoms with Crippen LogP contribution in [0.4, 0.5) is 0 Å². The molecule has 1 aliphatic heterocycles. The molecule has 2 aliphatic carbocycles. The van der Waals surface area contributed by atoms with E-state index < -0.39 is 11.1 Å². The molecule has 9 rings (SSSR count). The van der Waals surface area contributed by atoms with Gasteiger partial charge in [-0.15, -0.1) is 0 Å². The van der Waals surface area contributed by atoms with Gasteiger partial charge in [0.15, 0.2) is 11.3 Å². The average molecular weight is 626 g/mol. The molecule has 0 spiro atoms. The predicted molar refractivity (Wildman–Crippen MR) is 174 cm³/mol. The molecular formula is C37H28ClN5O3. The number of rotatable bonds is 5. The van der Waals surface area contributed by atoms with Gasteiger partial charge in [-0.2, -0.15) is 9.61 Å². The molecule has 9 heteroatoms. The molecule has 2 fully saturated rings. The van der Waals surface area contributed by atoms with Gasteiger partial charge in [-0.1, -0.05) is 78.3 Å². The number of halogens is 1. The van der Waals surface area contributed by atoms with Crippen molar-refractivity contribution in [2.75, 3.05) is 0 Å². The van der Waals surface area contributed by atoms with Crippen LogP contribution in [0.2, 0.25) is 5.02 Å². The summed E-state index contributed by atoms with van der Waals surface area (Å²) < 4.78 is 1.68. The summed E-state index contributed by atoms with van der Waals surface area (Å²) >= 11 is 6.51. The van der Waals surface area contributed by atoms with Gasteiger partial charge in [0, 0.05) is 35.6 Å². The molecule has 2 amide bonds. The zero-order valence-corrected chi connectivity index (χ0v) is 25.7. The van der Waals surface area contributed by atoms with Crippen LogP contribution in [0.25, 0.3) is 39.1 Å². The summed E-state index contributed by atoms with van der Waals surface area (Å²) in [6, 6.07) is 27.0. The Bertz CT molecular complexity index is 2220. The number of hydrogen-bond acceptors (Lipinski definition) is 6. The van der Waals surface area contributed by atoms with Crippen LogP contribution < -0.4 is 0 Å². The molecule has 3 aliphatic rings. The van der Waals surface area contributed by atoms with Crippen molar-refractivity contribution in [1.29, 1.82) is 0 Å². The zero-order valence-electron chi connectivity index (χ0n) is 24.9. The molecule has 226 valence electrons. The third-order valence-corrected chi connectivity index (χ3v) is 10.5. The fourth-order valence-corrected chi connectivity index (χ4v) is 7.77. The molecule has 46 heavy (non-hydrogen) atoms. The Kier molecular flexibility index (Phi) is 5.68. The van der Waals surface area contributed by atoms with E-state index in [0.717, 1.165) is 46.2 Å². The van der Waals surface area contributed by atoms with Gasteiger partial charge in [0.2, 0.25) is 0 Å². The molecule has 1 N–H and O–H groups in total. The van der Waals surface area contributed by atoms with Gasteiger partial charge in [-0.25, -0.2) is 9.97 Å². The first kappa shape index (κ1) is 27.4. The summed E-state index contributed by atoms with van der Waals surface area (Å²) in [6.45, 7) is 1.84. The first-order chi connectivity index (χ1) is 22.3. The van der Waals surface area contributed by atoms with E-state index in [1.54, 1.807) is 35.0 Å². The van der Waals surface area contributed by atoms with E-state index in [0.29, 0.717) is 46.0 Å². The maximum atomic E-state index is 13.8. The number of benzene rings is 3. The van der Waals surface area contributed by atoms with Gasteiger partial charge in [0.25, 0.3) is 11.8 Å². The SMILES string of the molecule is Cc1nn2c(ncc3cc(-c4ccccc4)c(-c4ccc(C5(N6C(=O)c7ccccc7C6=O)CC(O)(C6CC6)C5)cc4)nc32)c1Cl. The van der Waals surface area contributed by atoms with Crippen LogP contribution in [0.1, 0.15) is 57.7 Å². The molecule has 3 aromatic carbocycles. The molecule has 0 atom stereocenters. The fraction of sp³-hybridized carbons (Fsp3) is 0.216. The number of aliphatic hydroxyl groups is 1. The van der Waals surface area contributed by atoms with Crippen molar-refractivity contribution in [3.05, 3.63) is 119 Å². The van der Waals surface area contributed by atoms with Gasteiger partial charge in [-0.3, -0.25) is 14.5 Å². The predicted octanol–water partition coefficient (Wildman–Crippen LogP) is 7.00. The number of hydrogen-bond donors (Lipinski definition) is 1. The molecule has 2 saturated carbocycles. The number of pyridine rings is 1. The highest BCUT2D eigenvalue weighted by Crippen LogP contribution is 2.61. The van der Waals surface area contributed by atoms with Gasteiger partial charge >= 0.3 is 0 Å². The summed E-state index contributed by atoms with van der Waals surface area (Å²) in [5.74, 6) is -0.414. The second kappa shape index (κ2) is 9.55. The number of nitrogens with zero attached hydrogens (tertiary/aromatic N) is 5. The molecule has 6 aromatic rings. The summed E-state index contributed by atoms with van der Waals surface area (Å²) in [5, 5.41) is 17.5. The second-order valence-corrected chi connectivity index (χ2v) is 13.3. The Morgan fingerprint density at radius 1 is 0.826 bits per heavy atom. The molecule has 0 bridgehead atoms. The zero-order chi connectivity index (χ0) is 31.4. The number of carbonyl (C=O) groups excluding carboxylic acids is 2. The number of imide groups is 1. The maximum Gasteiger partial charge on any atom is 0.262 e. The molecule has 3 aromatic heterocycles. The van der Waals surface area contributed by atoms with E-state index in [1.807, 2.05) is 61.5 Å². The Balaban J connectivity index is 1.19. The topological polar surface area (TPSA) is 101 Å². The van der Waals surface area contributed by atoms with Crippen molar-refractivity contribution < 1.29 is 14.7 Å². The third-order valence-electron chi connectivity index (χ3n) is 10.1. The normalized spacial score (nSPS) is 22.5. The highest BCUT2D eigenvalue weighted by molar-refractivity contribution is 6.34. The lowest BCUT2D eigenvalue weighted by atomic mass is 9.58. The molecule has 0 saturated heterocycles. The maximum absolute atomic E-state index is 13.8. The van der Waals surface area contributed by atoms with Crippen molar-refractivity contribution in [3.8, 4) is 22.4 Å². The molecule has 8 nitrogen and oxygen atoms in total. The van der Waals surface area contributed by atoms with E-state index in [4.69, 9.17) is 16.6 Å². The van der Waals surface area contributed by atoms with E-state index in [1.165, 1.54) is 4.90 Å². The minimum Gasteiger partial charge on any atom is -0.389 e. The highest BCUT2D eigenvalue weighted by Gasteiger charge is 2.66. The van der Waals surface area contributed by atoms with Gasteiger partial charge < -0.3 is 5.11 Å². The average Bonchev–Trinajstić information content (AvgIpc) is 3.85. The van der Waals surface area contributed by atoms with Crippen molar-refractivity contribution >= 4 is 40.1 Å². The minimum atomic E-state index is -0.941. The Labute approximate surface area is 269 Å². The molecular weight excluding hydrogens is 598 g/mol. The van der Waals surface area contributed by atoms with Gasteiger partial charge in [-0.05, 0) is 55.0 Å². The first-order valence-corrected chi connectivity index (χ1v) is 15.9. The minimum absolute atomic E-state index is 0.205. The summed E-state index contributed by atoms with van der Waals surface area (Å²) in [4.78, 5) is 38.6. The largest absolute Gasteiger partial charge is 0.389 e. The third kappa shape index (κ3) is 3.80. The number of amides is 2. The summed E-state index contributed by atoms with van der Waals surface area (Å²) in [5.41, 5.74) is 5.20. The molecule has 4 heterocycles. The monoisotopic (exact) mass is 625 g/mol. The van der Waals surface area contributed by atoms with Crippen molar-refractivity contribution in [1.82, 2.24) is 24.5 Å². The van der Waals surface area contributed by atoms with Gasteiger partial charge in [0.05, 0.1) is 33.7 Å². The van der Waals surface area contributed by atoms with Crippen LogP contribution in [-0.2, 0) is 5.54 Å². The number of aryl methyl sites for hydroxylation is 1. The smallest absolute Gasteiger partial charge is 0.262 e. The lowest BCUT2D eigenvalue weighted by molar-refractivity contribution is -0.143. The lowest BCUT2D eigenvalue weighted by Crippen LogP contribution is -2.65. The Morgan fingerprint density at radius 3 is 2.13 bits per heavy atom. The Morgan fingerprint density at radius 2 is 1.48 bits per heavy atom. The summed E-state index contributed by atoms with van der Waals surface area (Å²) in [7, 11) is 0. The number of carbonyl (C=O) groups is 2. The van der Waals surface area contributed by atoms with Crippen LogP contribution in [0.15, 0.2) is 91.1 Å². The van der Waals surface area contributed by atoms with E-state index in [9.17, 15) is 14.7 Å². The highest BCUT2D eigenvalue weighted by atomic mass is 35.5. The number of fused-ring (bicyclic) bond motifs is 4. The molecule has 0 unspecified atom stereocenters. The standard InChI is InChI=1S/C37H28ClN5O3/c1-21-30(38)33-39-18-24-17-29(22-7-3-2-4-8-22)31(40-32(24)43(33)41-21)23-11-13-25(14-12-23)36(19-37(46,20-36)26-15-16-26)42-34(44)27-9-5-6-10-28(27)35(42)45/h2-14,17-18,26,46H,15-16,19-20H2,1H3. The van der Waals surface area contributed by atoms with E-state index >= 15 is 0 Å². The number of aromatic nitrogens is 4. The van der Waals surface area contributed by atoms with Crippen molar-refractivity contribution in [2.45, 2.75) is 43.7 Å². The first-order valence-electron chi connectivity index (χ1n) is 15.5. The van der Waals surface area contributed by atoms with Crippen LogP contribution >= 0.6 is 11.6 Å². The van der Waals surface area contributed by atoms with Crippen LogP contribution in [0.3, 0.4) is 0 Å². The van der Waals surface area contributed by atoms with Crippen LogP contribution in [0, 0.1) is 12.8 Å². The molecule has 0 radical (unpaired) electrons. The van der Waals surface area contributed by atoms with E-state index in [-0.39, 0.29) is 17.7 Å².